The fourth-order valence-electron chi connectivity index (χ4n) is 2.58. The third-order valence-electron chi connectivity index (χ3n) is 4.28. The number of fused-ring (bicyclic) bond motifs is 1. The van der Waals surface area contributed by atoms with Gasteiger partial charge in [0.1, 0.15) is 37.4 Å². The molecule has 2 rings (SSSR count). The molecular formula is C24H28O8. The average Bonchev–Trinajstić information content (AvgIpc) is 2.78. The van der Waals surface area contributed by atoms with Gasteiger partial charge in [0, 0.05) is 21.9 Å². The van der Waals surface area contributed by atoms with Crippen LogP contribution in [0.1, 0.15) is 13.8 Å². The Morgan fingerprint density at radius 3 is 1.91 bits per heavy atom. The van der Waals surface area contributed by atoms with Crippen molar-refractivity contribution in [2.45, 2.75) is 26.1 Å². The van der Waals surface area contributed by atoms with Crippen LogP contribution < -0.4 is 9.47 Å². The second-order valence-electron chi connectivity index (χ2n) is 7.25. The molecule has 2 atom stereocenters. The van der Waals surface area contributed by atoms with E-state index >= 15 is 0 Å². The first-order valence-corrected chi connectivity index (χ1v) is 9.98. The van der Waals surface area contributed by atoms with Crippen molar-refractivity contribution in [3.8, 4) is 11.5 Å². The second kappa shape index (κ2) is 11.9. The van der Waals surface area contributed by atoms with E-state index in [1.807, 2.05) is 24.3 Å². The molecule has 2 aromatic carbocycles. The molecule has 0 fully saturated rings. The van der Waals surface area contributed by atoms with Gasteiger partial charge in [0.2, 0.25) is 0 Å². The summed E-state index contributed by atoms with van der Waals surface area (Å²) in [5.41, 5.74) is 0.476. The monoisotopic (exact) mass is 444 g/mol. The van der Waals surface area contributed by atoms with Crippen LogP contribution in [-0.4, -0.2) is 60.8 Å². The predicted octanol–water partition coefficient (Wildman–Crippen LogP) is 2.56. The van der Waals surface area contributed by atoms with E-state index in [4.69, 9.17) is 18.9 Å². The van der Waals surface area contributed by atoms with E-state index in [0.29, 0.717) is 11.5 Å². The van der Waals surface area contributed by atoms with Crippen molar-refractivity contribution >= 4 is 22.7 Å². The van der Waals surface area contributed by atoms with Crippen LogP contribution >= 0.6 is 0 Å². The summed E-state index contributed by atoms with van der Waals surface area (Å²) in [6.45, 7) is 9.29. The van der Waals surface area contributed by atoms with Crippen LogP contribution in [-0.2, 0) is 19.1 Å². The molecular weight excluding hydrogens is 416 g/mol. The van der Waals surface area contributed by atoms with E-state index in [1.54, 1.807) is 12.1 Å². The maximum atomic E-state index is 11.7. The molecule has 0 aliphatic carbocycles. The van der Waals surface area contributed by atoms with Crippen LogP contribution in [0.15, 0.2) is 60.7 Å². The summed E-state index contributed by atoms with van der Waals surface area (Å²) in [5.74, 6) is -0.167. The molecule has 8 nitrogen and oxygen atoms in total. The molecule has 0 aliphatic heterocycles. The highest BCUT2D eigenvalue weighted by atomic mass is 16.6. The second-order valence-corrected chi connectivity index (χ2v) is 7.25. The van der Waals surface area contributed by atoms with Crippen LogP contribution in [0.25, 0.3) is 10.8 Å². The molecule has 2 unspecified atom stereocenters. The summed E-state index contributed by atoms with van der Waals surface area (Å²) in [6, 6.07) is 10.7. The highest BCUT2D eigenvalue weighted by Gasteiger charge is 2.17. The summed E-state index contributed by atoms with van der Waals surface area (Å²) < 4.78 is 21.5. The van der Waals surface area contributed by atoms with Gasteiger partial charge in [-0.3, -0.25) is 0 Å². The van der Waals surface area contributed by atoms with Crippen LogP contribution in [0.5, 0.6) is 11.5 Å². The van der Waals surface area contributed by atoms with Crippen molar-refractivity contribution in [1.29, 1.82) is 0 Å². The highest BCUT2D eigenvalue weighted by molar-refractivity contribution is 5.93. The zero-order valence-corrected chi connectivity index (χ0v) is 18.2. The van der Waals surface area contributed by atoms with Crippen LogP contribution in [0, 0.1) is 0 Å². The van der Waals surface area contributed by atoms with Gasteiger partial charge in [0.05, 0.1) is 6.61 Å². The first-order valence-electron chi connectivity index (χ1n) is 9.98. The van der Waals surface area contributed by atoms with Crippen LogP contribution in [0.3, 0.4) is 0 Å². The van der Waals surface area contributed by atoms with E-state index in [2.05, 4.69) is 13.2 Å². The minimum Gasteiger partial charge on any atom is -0.490 e. The molecule has 32 heavy (non-hydrogen) atoms. The Hall–Kier alpha value is -3.36. The number of hydrogen-bond donors (Lipinski definition) is 2. The minimum absolute atomic E-state index is 0.0491. The lowest BCUT2D eigenvalue weighted by Crippen LogP contribution is -2.28. The summed E-state index contributed by atoms with van der Waals surface area (Å²) in [4.78, 5) is 23.1. The fourth-order valence-corrected chi connectivity index (χ4v) is 2.58. The van der Waals surface area contributed by atoms with E-state index in [0.717, 1.165) is 10.8 Å². The fraction of sp³-hybridized carbons (Fsp3) is 0.333. The molecule has 2 N–H and O–H groups in total. The topological polar surface area (TPSA) is 112 Å². The number of ether oxygens (including phenoxy) is 4. The number of rotatable bonds is 12. The van der Waals surface area contributed by atoms with E-state index in [1.165, 1.54) is 13.8 Å². The van der Waals surface area contributed by atoms with Gasteiger partial charge in [-0.2, -0.15) is 0 Å². The SMILES string of the molecule is C=C(C)C(=O)OCC(O)COc1ccc(OCC(CO)OC(=O)C(=C)C)c2ccccc12. The molecule has 0 radical (unpaired) electrons. The van der Waals surface area contributed by atoms with Crippen molar-refractivity contribution in [2.24, 2.45) is 0 Å². The number of benzene rings is 2. The maximum absolute atomic E-state index is 11.7. The third-order valence-corrected chi connectivity index (χ3v) is 4.28. The summed E-state index contributed by atoms with van der Waals surface area (Å²) >= 11 is 0. The maximum Gasteiger partial charge on any atom is 0.333 e. The van der Waals surface area contributed by atoms with E-state index in [-0.39, 0.29) is 31.0 Å². The molecule has 0 heterocycles. The van der Waals surface area contributed by atoms with E-state index < -0.39 is 30.8 Å². The van der Waals surface area contributed by atoms with Crippen molar-refractivity contribution in [3.05, 3.63) is 60.7 Å². The van der Waals surface area contributed by atoms with Gasteiger partial charge in [-0.15, -0.1) is 0 Å². The predicted molar refractivity (Wildman–Crippen MR) is 118 cm³/mol. The Morgan fingerprint density at radius 1 is 0.875 bits per heavy atom. The molecule has 172 valence electrons. The Morgan fingerprint density at radius 2 is 1.41 bits per heavy atom. The van der Waals surface area contributed by atoms with Gasteiger partial charge >= 0.3 is 11.9 Å². The summed E-state index contributed by atoms with van der Waals surface area (Å²) in [7, 11) is 0. The first-order chi connectivity index (χ1) is 15.2. The third kappa shape index (κ3) is 7.11. The molecule has 0 bridgehead atoms. The molecule has 0 aliphatic rings. The summed E-state index contributed by atoms with van der Waals surface area (Å²) in [5, 5.41) is 20.9. The summed E-state index contributed by atoms with van der Waals surface area (Å²) in [6.07, 6.45) is -1.85. The number of carbonyl (C=O) groups is 2. The van der Waals surface area contributed by atoms with Gasteiger partial charge in [0.25, 0.3) is 0 Å². The van der Waals surface area contributed by atoms with Crippen LogP contribution in [0.4, 0.5) is 0 Å². The molecule has 8 heteroatoms. The molecule has 0 aromatic heterocycles. The van der Waals surface area contributed by atoms with Crippen molar-refractivity contribution in [3.63, 3.8) is 0 Å². The van der Waals surface area contributed by atoms with Crippen molar-refractivity contribution < 1.29 is 38.7 Å². The van der Waals surface area contributed by atoms with Gasteiger partial charge in [-0.1, -0.05) is 37.4 Å². The lowest BCUT2D eigenvalue weighted by molar-refractivity contribution is -0.148. The Balaban J connectivity index is 2.05. The Kier molecular flexibility index (Phi) is 9.24. The quantitative estimate of drug-likeness (QED) is 0.380. The lowest BCUT2D eigenvalue weighted by atomic mass is 10.1. The van der Waals surface area contributed by atoms with Crippen molar-refractivity contribution in [1.82, 2.24) is 0 Å². The van der Waals surface area contributed by atoms with Gasteiger partial charge in [0.15, 0.2) is 6.10 Å². The molecule has 0 amide bonds. The normalized spacial score (nSPS) is 12.5. The van der Waals surface area contributed by atoms with E-state index in [9.17, 15) is 19.8 Å². The highest BCUT2D eigenvalue weighted by Crippen LogP contribution is 2.33. The molecule has 2 aromatic rings. The smallest absolute Gasteiger partial charge is 0.333 e. The number of esters is 2. The lowest BCUT2D eigenvalue weighted by Gasteiger charge is -2.18. The average molecular weight is 444 g/mol. The minimum atomic E-state index is -1.01. The molecule has 0 saturated carbocycles. The van der Waals surface area contributed by atoms with Gasteiger partial charge in [-0.25, -0.2) is 9.59 Å². The Labute approximate surface area is 186 Å². The molecule has 0 saturated heterocycles. The van der Waals surface area contributed by atoms with Crippen molar-refractivity contribution in [2.75, 3.05) is 26.4 Å². The number of carbonyl (C=O) groups excluding carboxylic acids is 2. The number of aliphatic hydroxyl groups excluding tert-OH is 2. The van der Waals surface area contributed by atoms with Gasteiger partial charge in [-0.05, 0) is 26.0 Å². The van der Waals surface area contributed by atoms with Crippen LogP contribution in [0.2, 0.25) is 0 Å². The number of aliphatic hydroxyl groups is 2. The standard InChI is InChI=1S/C24H28O8/c1-15(2)23(27)31-13-17(26)12-29-21-9-10-22(20-8-6-5-7-19(20)21)30-14-18(11-25)32-24(28)16(3)4/h5-10,17-18,25-26H,1,3,11-14H2,2,4H3. The molecule has 0 spiro atoms. The largest absolute Gasteiger partial charge is 0.490 e. The number of hydrogen-bond acceptors (Lipinski definition) is 8. The van der Waals surface area contributed by atoms with Gasteiger partial charge < -0.3 is 29.2 Å². The zero-order valence-electron chi connectivity index (χ0n) is 18.2. The first kappa shape index (κ1) is 24.9. The Bertz CT molecular complexity index is 981. The zero-order chi connectivity index (χ0) is 23.7.